The number of aliphatic hydroxyl groups is 1. The van der Waals surface area contributed by atoms with Crippen molar-refractivity contribution in [3.63, 3.8) is 0 Å². The Labute approximate surface area is 172 Å². The standard InChI is InChI=1S/C22H29ClN2O3/c1-16-12-21(13-17(2)22(16)23)28-15-19(26)14-24-8-10-25(11-9-24)18-4-6-20(27-3)7-5-18/h4-7,12-13,19,26H,8-11,14-15H2,1-3H3/t19-/m1/s1. The molecule has 152 valence electrons. The molecule has 0 unspecified atom stereocenters. The highest BCUT2D eigenvalue weighted by Gasteiger charge is 2.20. The number of hydrogen-bond acceptors (Lipinski definition) is 5. The van der Waals surface area contributed by atoms with Gasteiger partial charge in [-0.15, -0.1) is 0 Å². The van der Waals surface area contributed by atoms with Gasteiger partial charge < -0.3 is 19.5 Å². The van der Waals surface area contributed by atoms with Crippen LogP contribution in [0, 0.1) is 13.8 Å². The molecule has 1 aliphatic heterocycles. The normalized spacial score (nSPS) is 16.1. The van der Waals surface area contributed by atoms with Gasteiger partial charge in [0.2, 0.25) is 0 Å². The van der Waals surface area contributed by atoms with E-state index in [1.54, 1.807) is 7.11 Å². The van der Waals surface area contributed by atoms with Crippen LogP contribution in [0.3, 0.4) is 0 Å². The van der Waals surface area contributed by atoms with Crippen molar-refractivity contribution < 1.29 is 14.6 Å². The molecule has 28 heavy (non-hydrogen) atoms. The van der Waals surface area contributed by atoms with E-state index in [9.17, 15) is 5.11 Å². The lowest BCUT2D eigenvalue weighted by atomic mass is 10.1. The second kappa shape index (κ2) is 9.50. The second-order valence-electron chi connectivity index (χ2n) is 7.32. The Hall–Kier alpha value is -1.95. The summed E-state index contributed by atoms with van der Waals surface area (Å²) in [6, 6.07) is 12.0. The third-order valence-electron chi connectivity index (χ3n) is 5.13. The lowest BCUT2D eigenvalue weighted by molar-refractivity contribution is 0.0663. The van der Waals surface area contributed by atoms with Crippen molar-refractivity contribution in [1.82, 2.24) is 4.90 Å². The molecule has 1 atom stereocenters. The molecule has 6 heteroatoms. The minimum atomic E-state index is -0.524. The van der Waals surface area contributed by atoms with Crippen LogP contribution in [0.25, 0.3) is 0 Å². The molecule has 1 heterocycles. The maximum Gasteiger partial charge on any atom is 0.120 e. The van der Waals surface area contributed by atoms with Crippen LogP contribution in [-0.2, 0) is 0 Å². The Morgan fingerprint density at radius 1 is 1.00 bits per heavy atom. The molecular formula is C22H29ClN2O3. The molecule has 5 nitrogen and oxygen atoms in total. The Morgan fingerprint density at radius 3 is 2.18 bits per heavy atom. The smallest absolute Gasteiger partial charge is 0.120 e. The minimum absolute atomic E-state index is 0.277. The van der Waals surface area contributed by atoms with Crippen LogP contribution in [0.2, 0.25) is 5.02 Å². The predicted molar refractivity (Wildman–Crippen MR) is 114 cm³/mol. The van der Waals surface area contributed by atoms with Crippen molar-refractivity contribution in [1.29, 1.82) is 0 Å². The van der Waals surface area contributed by atoms with E-state index in [0.29, 0.717) is 6.54 Å². The predicted octanol–water partition coefficient (Wildman–Crippen LogP) is 3.53. The van der Waals surface area contributed by atoms with E-state index in [-0.39, 0.29) is 6.61 Å². The topological polar surface area (TPSA) is 45.2 Å². The number of benzene rings is 2. The van der Waals surface area contributed by atoms with Gasteiger partial charge in [-0.1, -0.05) is 11.6 Å². The Morgan fingerprint density at radius 2 is 1.61 bits per heavy atom. The summed E-state index contributed by atoms with van der Waals surface area (Å²) in [4.78, 5) is 4.64. The van der Waals surface area contributed by atoms with Crippen LogP contribution >= 0.6 is 11.6 Å². The number of aryl methyl sites for hydroxylation is 2. The molecule has 0 aliphatic carbocycles. The third kappa shape index (κ3) is 5.31. The zero-order valence-electron chi connectivity index (χ0n) is 16.8. The zero-order chi connectivity index (χ0) is 20.1. The van der Waals surface area contributed by atoms with Crippen LogP contribution < -0.4 is 14.4 Å². The van der Waals surface area contributed by atoms with Gasteiger partial charge in [-0.3, -0.25) is 4.90 Å². The van der Waals surface area contributed by atoms with Gasteiger partial charge in [0, 0.05) is 43.4 Å². The quantitative estimate of drug-likeness (QED) is 0.764. The van der Waals surface area contributed by atoms with E-state index in [1.165, 1.54) is 5.69 Å². The van der Waals surface area contributed by atoms with Crippen LogP contribution in [0.5, 0.6) is 11.5 Å². The van der Waals surface area contributed by atoms with Gasteiger partial charge >= 0.3 is 0 Å². The van der Waals surface area contributed by atoms with Crippen molar-refractivity contribution in [2.45, 2.75) is 20.0 Å². The summed E-state index contributed by atoms with van der Waals surface area (Å²) in [7, 11) is 1.68. The summed E-state index contributed by atoms with van der Waals surface area (Å²) >= 11 is 6.19. The van der Waals surface area contributed by atoms with Gasteiger partial charge in [0.05, 0.1) is 7.11 Å². The molecule has 0 saturated carbocycles. The maximum atomic E-state index is 10.4. The third-order valence-corrected chi connectivity index (χ3v) is 5.73. The molecule has 2 aromatic rings. The van der Waals surface area contributed by atoms with Crippen LogP contribution in [-0.4, -0.2) is 62.6 Å². The first-order chi connectivity index (χ1) is 13.5. The summed E-state index contributed by atoms with van der Waals surface area (Å²) in [5.41, 5.74) is 3.18. The molecule has 0 amide bonds. The van der Waals surface area contributed by atoms with Gasteiger partial charge in [0.25, 0.3) is 0 Å². The average molecular weight is 405 g/mol. The second-order valence-corrected chi connectivity index (χ2v) is 7.70. The first-order valence-corrected chi connectivity index (χ1v) is 10.0. The molecule has 0 radical (unpaired) electrons. The van der Waals surface area contributed by atoms with Crippen molar-refractivity contribution in [3.8, 4) is 11.5 Å². The molecule has 1 saturated heterocycles. The molecular weight excluding hydrogens is 376 g/mol. The van der Waals surface area contributed by atoms with Crippen molar-refractivity contribution >= 4 is 17.3 Å². The van der Waals surface area contributed by atoms with E-state index in [4.69, 9.17) is 21.1 Å². The lowest BCUT2D eigenvalue weighted by Crippen LogP contribution is -2.49. The fourth-order valence-corrected chi connectivity index (χ4v) is 3.62. The fourth-order valence-electron chi connectivity index (χ4n) is 3.51. The first kappa shape index (κ1) is 20.8. The van der Waals surface area contributed by atoms with Crippen LogP contribution in [0.1, 0.15) is 11.1 Å². The number of hydrogen-bond donors (Lipinski definition) is 1. The lowest BCUT2D eigenvalue weighted by Gasteiger charge is -2.36. The van der Waals surface area contributed by atoms with Gasteiger partial charge in [-0.05, 0) is 61.4 Å². The number of rotatable bonds is 7. The van der Waals surface area contributed by atoms with E-state index < -0.39 is 6.10 Å². The monoisotopic (exact) mass is 404 g/mol. The molecule has 0 aromatic heterocycles. The van der Waals surface area contributed by atoms with Gasteiger partial charge in [0.15, 0.2) is 0 Å². The summed E-state index contributed by atoms with van der Waals surface area (Å²) in [6.45, 7) is 8.53. The highest BCUT2D eigenvalue weighted by Crippen LogP contribution is 2.26. The van der Waals surface area contributed by atoms with E-state index in [2.05, 4.69) is 21.9 Å². The fraction of sp³-hybridized carbons (Fsp3) is 0.455. The average Bonchev–Trinajstić information content (AvgIpc) is 2.71. The van der Waals surface area contributed by atoms with E-state index in [1.807, 2.05) is 38.1 Å². The van der Waals surface area contributed by atoms with Crippen LogP contribution in [0.15, 0.2) is 36.4 Å². The molecule has 0 bridgehead atoms. The van der Waals surface area contributed by atoms with Gasteiger partial charge in [0.1, 0.15) is 24.2 Å². The van der Waals surface area contributed by atoms with Crippen molar-refractivity contribution in [2.75, 3.05) is 51.3 Å². The molecule has 3 rings (SSSR count). The number of ether oxygens (including phenoxy) is 2. The van der Waals surface area contributed by atoms with E-state index >= 15 is 0 Å². The number of halogens is 1. The summed E-state index contributed by atoms with van der Waals surface area (Å²) < 4.78 is 11.0. The van der Waals surface area contributed by atoms with Gasteiger partial charge in [-0.2, -0.15) is 0 Å². The van der Waals surface area contributed by atoms with Gasteiger partial charge in [-0.25, -0.2) is 0 Å². The number of piperazine rings is 1. The molecule has 1 aliphatic rings. The van der Waals surface area contributed by atoms with Crippen molar-refractivity contribution in [2.24, 2.45) is 0 Å². The van der Waals surface area contributed by atoms with Crippen molar-refractivity contribution in [3.05, 3.63) is 52.5 Å². The summed E-state index contributed by atoms with van der Waals surface area (Å²) in [5, 5.41) is 11.1. The number of aliphatic hydroxyl groups excluding tert-OH is 1. The largest absolute Gasteiger partial charge is 0.497 e. The Kier molecular flexibility index (Phi) is 7.05. The number of β-amino-alcohol motifs (C(OH)–C–C–N with tert-alkyl or cyclic N) is 1. The molecule has 1 fully saturated rings. The number of methoxy groups -OCH3 is 1. The highest BCUT2D eigenvalue weighted by atomic mass is 35.5. The SMILES string of the molecule is COc1ccc(N2CCN(C[C@@H](O)COc3cc(C)c(Cl)c(C)c3)CC2)cc1. The van der Waals surface area contributed by atoms with E-state index in [0.717, 1.165) is 53.8 Å². The molecule has 2 aromatic carbocycles. The Bertz CT molecular complexity index is 751. The first-order valence-electron chi connectivity index (χ1n) is 9.65. The summed E-state index contributed by atoms with van der Waals surface area (Å²) in [6.07, 6.45) is -0.524. The minimum Gasteiger partial charge on any atom is -0.497 e. The van der Waals surface area contributed by atoms with Crippen LogP contribution in [0.4, 0.5) is 5.69 Å². The zero-order valence-corrected chi connectivity index (χ0v) is 17.6. The highest BCUT2D eigenvalue weighted by molar-refractivity contribution is 6.32. The Balaban J connectivity index is 1.44. The number of nitrogens with zero attached hydrogens (tertiary/aromatic N) is 2. The number of anilines is 1. The molecule has 1 N–H and O–H groups in total. The molecule has 0 spiro atoms. The summed E-state index contributed by atoms with van der Waals surface area (Å²) in [5.74, 6) is 1.62. The maximum absolute atomic E-state index is 10.4.